The molecule has 106 valence electrons. The highest BCUT2D eigenvalue weighted by molar-refractivity contribution is 14.1. The summed E-state index contributed by atoms with van der Waals surface area (Å²) in [6.07, 6.45) is 1.15. The molecule has 1 nitrogen and oxygen atoms in total. The Labute approximate surface area is 139 Å². The average Bonchev–Trinajstić information content (AvgIpc) is 2.48. The first-order chi connectivity index (χ1) is 9.52. The van der Waals surface area contributed by atoms with Gasteiger partial charge in [-0.3, -0.25) is 0 Å². The van der Waals surface area contributed by atoms with Gasteiger partial charge in [0.1, 0.15) is 0 Å². The Bertz CT molecular complexity index is 580. The minimum Gasteiger partial charge on any atom is -0.320 e. The van der Waals surface area contributed by atoms with E-state index in [1.54, 1.807) is 0 Å². The van der Waals surface area contributed by atoms with E-state index in [2.05, 4.69) is 60.7 Å². The summed E-state index contributed by atoms with van der Waals surface area (Å²) < 4.78 is 1.14. The van der Waals surface area contributed by atoms with Gasteiger partial charge in [-0.2, -0.15) is 0 Å². The molecule has 0 aliphatic carbocycles. The smallest absolute Gasteiger partial charge is 0.0562 e. The third kappa shape index (κ3) is 3.54. The van der Waals surface area contributed by atoms with Crippen LogP contribution in [0.25, 0.3) is 0 Å². The fraction of sp³-hybridized carbons (Fsp3) is 0.294. The Balaban J connectivity index is 2.29. The van der Waals surface area contributed by atoms with Crippen LogP contribution in [0.15, 0.2) is 42.5 Å². The van der Waals surface area contributed by atoms with Crippen molar-refractivity contribution >= 4 is 34.2 Å². The summed E-state index contributed by atoms with van der Waals surface area (Å²) >= 11 is 8.38. The van der Waals surface area contributed by atoms with Crippen molar-refractivity contribution in [1.82, 2.24) is 0 Å². The molecular weight excluding hydrogens is 381 g/mol. The predicted molar refractivity (Wildman–Crippen MR) is 95.3 cm³/mol. The second-order valence-electron chi connectivity index (χ2n) is 5.12. The van der Waals surface area contributed by atoms with Crippen LogP contribution in [-0.4, -0.2) is 0 Å². The minimum atomic E-state index is -0.133. The normalized spacial score (nSPS) is 14.1. The molecule has 0 aromatic heterocycles. The van der Waals surface area contributed by atoms with E-state index in [1.165, 1.54) is 5.56 Å². The van der Waals surface area contributed by atoms with Crippen LogP contribution in [0.2, 0.25) is 5.02 Å². The fourth-order valence-corrected chi connectivity index (χ4v) is 3.05. The van der Waals surface area contributed by atoms with Gasteiger partial charge in [0.05, 0.1) is 6.04 Å². The van der Waals surface area contributed by atoms with E-state index in [4.69, 9.17) is 17.3 Å². The van der Waals surface area contributed by atoms with Crippen LogP contribution in [0.3, 0.4) is 0 Å². The van der Waals surface area contributed by atoms with Crippen LogP contribution in [0.4, 0.5) is 0 Å². The second-order valence-corrected chi connectivity index (χ2v) is 6.72. The molecule has 0 saturated carbocycles. The molecule has 0 aliphatic heterocycles. The molecule has 20 heavy (non-hydrogen) atoms. The lowest BCUT2D eigenvalue weighted by molar-refractivity contribution is 0.732. The second kappa shape index (κ2) is 6.92. The topological polar surface area (TPSA) is 26.0 Å². The number of hydrogen-bond acceptors (Lipinski definition) is 1. The van der Waals surface area contributed by atoms with Gasteiger partial charge in [0.15, 0.2) is 0 Å². The molecule has 0 fully saturated rings. The molecule has 0 saturated heterocycles. The Morgan fingerprint density at radius 3 is 2.30 bits per heavy atom. The van der Waals surface area contributed by atoms with Crippen LogP contribution in [-0.2, 0) is 0 Å². The quantitative estimate of drug-likeness (QED) is 0.674. The summed E-state index contributed by atoms with van der Waals surface area (Å²) in [5, 5.41) is 0.729. The molecule has 0 radical (unpaired) electrons. The Kier molecular flexibility index (Phi) is 5.47. The Morgan fingerprint density at radius 1 is 1.10 bits per heavy atom. The average molecular weight is 400 g/mol. The van der Waals surface area contributed by atoms with Crippen LogP contribution in [0, 0.1) is 3.57 Å². The van der Waals surface area contributed by atoms with Crippen molar-refractivity contribution in [1.29, 1.82) is 0 Å². The Hall–Kier alpha value is -0.580. The van der Waals surface area contributed by atoms with E-state index in [0.717, 1.165) is 26.1 Å². The fourth-order valence-electron chi connectivity index (χ4n) is 2.20. The maximum atomic E-state index is 6.38. The molecule has 2 aromatic rings. The molecule has 2 N–H and O–H groups in total. The summed E-state index contributed by atoms with van der Waals surface area (Å²) in [5.74, 6) is 0.589. The largest absolute Gasteiger partial charge is 0.320 e. The van der Waals surface area contributed by atoms with Crippen molar-refractivity contribution in [3.8, 4) is 0 Å². The maximum absolute atomic E-state index is 6.38. The van der Waals surface area contributed by atoms with Crippen LogP contribution in [0.1, 0.15) is 48.9 Å². The van der Waals surface area contributed by atoms with Gasteiger partial charge in [-0.1, -0.05) is 49.7 Å². The monoisotopic (exact) mass is 399 g/mol. The number of nitrogens with two attached hydrogens (primary N) is 1. The summed E-state index contributed by atoms with van der Waals surface area (Å²) in [7, 11) is 0. The van der Waals surface area contributed by atoms with Gasteiger partial charge in [-0.25, -0.2) is 0 Å². The third-order valence-electron chi connectivity index (χ3n) is 3.77. The first-order valence-electron chi connectivity index (χ1n) is 6.83. The predicted octanol–water partition coefficient (Wildman–Crippen LogP) is 5.51. The van der Waals surface area contributed by atoms with Gasteiger partial charge in [-0.05, 0) is 69.8 Å². The van der Waals surface area contributed by atoms with Gasteiger partial charge in [0.25, 0.3) is 0 Å². The number of benzene rings is 2. The Morgan fingerprint density at radius 2 is 1.70 bits per heavy atom. The first kappa shape index (κ1) is 15.8. The summed E-state index contributed by atoms with van der Waals surface area (Å²) in [6.45, 7) is 4.45. The standard InChI is InChI=1S/C17H19ClIN/c1-3-11(2)12-4-6-13(7-5-12)17(20)15-10-14(18)8-9-16(15)19/h4-11,17H,3,20H2,1-2H3. The number of halogens is 2. The van der Waals surface area contributed by atoms with E-state index in [9.17, 15) is 0 Å². The van der Waals surface area contributed by atoms with E-state index in [-0.39, 0.29) is 6.04 Å². The van der Waals surface area contributed by atoms with Crippen molar-refractivity contribution in [2.75, 3.05) is 0 Å². The van der Waals surface area contributed by atoms with Crippen LogP contribution < -0.4 is 5.73 Å². The van der Waals surface area contributed by atoms with Crippen molar-refractivity contribution in [3.05, 3.63) is 67.7 Å². The first-order valence-corrected chi connectivity index (χ1v) is 8.29. The van der Waals surface area contributed by atoms with Gasteiger partial charge < -0.3 is 5.73 Å². The molecule has 0 aliphatic rings. The molecule has 0 amide bonds. The molecule has 0 bridgehead atoms. The molecule has 2 atom stereocenters. The number of hydrogen-bond donors (Lipinski definition) is 1. The van der Waals surface area contributed by atoms with Crippen molar-refractivity contribution in [2.45, 2.75) is 32.2 Å². The van der Waals surface area contributed by atoms with E-state index in [0.29, 0.717) is 5.92 Å². The van der Waals surface area contributed by atoms with Crippen molar-refractivity contribution in [3.63, 3.8) is 0 Å². The van der Waals surface area contributed by atoms with E-state index < -0.39 is 0 Å². The zero-order valence-corrected chi connectivity index (χ0v) is 14.6. The van der Waals surface area contributed by atoms with Crippen LogP contribution in [0.5, 0.6) is 0 Å². The van der Waals surface area contributed by atoms with E-state index >= 15 is 0 Å². The summed E-state index contributed by atoms with van der Waals surface area (Å²) in [5.41, 5.74) is 9.95. The van der Waals surface area contributed by atoms with Crippen molar-refractivity contribution in [2.24, 2.45) is 5.73 Å². The highest BCUT2D eigenvalue weighted by atomic mass is 127. The zero-order valence-electron chi connectivity index (χ0n) is 11.7. The summed E-state index contributed by atoms with van der Waals surface area (Å²) in [6, 6.07) is 14.3. The molecule has 3 heteroatoms. The lowest BCUT2D eigenvalue weighted by Crippen LogP contribution is -2.13. The van der Waals surface area contributed by atoms with Crippen LogP contribution >= 0.6 is 34.2 Å². The molecule has 2 aromatic carbocycles. The van der Waals surface area contributed by atoms with Gasteiger partial charge >= 0.3 is 0 Å². The highest BCUT2D eigenvalue weighted by Crippen LogP contribution is 2.28. The lowest BCUT2D eigenvalue weighted by atomic mass is 9.94. The van der Waals surface area contributed by atoms with Gasteiger partial charge in [-0.15, -0.1) is 0 Å². The lowest BCUT2D eigenvalue weighted by Gasteiger charge is -2.16. The maximum Gasteiger partial charge on any atom is 0.0562 e. The molecule has 0 spiro atoms. The zero-order chi connectivity index (χ0) is 14.7. The summed E-state index contributed by atoms with van der Waals surface area (Å²) in [4.78, 5) is 0. The molecule has 0 heterocycles. The minimum absolute atomic E-state index is 0.133. The molecular formula is C17H19ClIN. The van der Waals surface area contributed by atoms with Gasteiger partial charge in [0.2, 0.25) is 0 Å². The SMILES string of the molecule is CCC(C)c1ccc(C(N)c2cc(Cl)ccc2I)cc1. The number of rotatable bonds is 4. The van der Waals surface area contributed by atoms with Gasteiger partial charge in [0, 0.05) is 8.59 Å². The molecule has 2 rings (SSSR count). The highest BCUT2D eigenvalue weighted by Gasteiger charge is 2.13. The van der Waals surface area contributed by atoms with E-state index in [1.807, 2.05) is 18.2 Å². The third-order valence-corrected chi connectivity index (χ3v) is 4.99. The van der Waals surface area contributed by atoms with Crippen molar-refractivity contribution < 1.29 is 0 Å². The molecule has 2 unspecified atom stereocenters.